The normalized spacial score (nSPS) is 8.82. The molecule has 0 aromatic heterocycles. The Balaban J connectivity index is 2.78. The molecular formula is C12H10ClN3O. The number of hydrogen-bond donors (Lipinski definition) is 0. The Hall–Kier alpha value is -1.95. The second-order valence-corrected chi connectivity index (χ2v) is 3.66. The van der Waals surface area contributed by atoms with Crippen LogP contribution in [0.1, 0.15) is 29.3 Å². The monoisotopic (exact) mass is 247 g/mol. The van der Waals surface area contributed by atoms with Crippen molar-refractivity contribution < 1.29 is 4.79 Å². The van der Waals surface area contributed by atoms with Gasteiger partial charge in [0, 0.05) is 29.0 Å². The van der Waals surface area contributed by atoms with Gasteiger partial charge in [-0.2, -0.15) is 0 Å². The van der Waals surface area contributed by atoms with E-state index in [-0.39, 0.29) is 5.78 Å². The predicted molar refractivity (Wildman–Crippen MR) is 67.0 cm³/mol. The van der Waals surface area contributed by atoms with E-state index < -0.39 is 0 Å². The van der Waals surface area contributed by atoms with Crippen LogP contribution in [0.15, 0.2) is 23.3 Å². The Kier molecular flexibility index (Phi) is 5.09. The highest BCUT2D eigenvalue weighted by molar-refractivity contribution is 6.32. The fourth-order valence-electron chi connectivity index (χ4n) is 1.14. The minimum Gasteiger partial charge on any atom is -0.295 e. The van der Waals surface area contributed by atoms with Crippen LogP contribution < -0.4 is 0 Å². The molecule has 0 saturated carbocycles. The number of halogens is 1. The number of carbonyl (C=O) groups excluding carboxylic acids is 1. The van der Waals surface area contributed by atoms with E-state index in [9.17, 15) is 4.79 Å². The summed E-state index contributed by atoms with van der Waals surface area (Å²) in [7, 11) is 0. The first-order valence-corrected chi connectivity index (χ1v) is 5.33. The molecule has 0 N–H and O–H groups in total. The number of carbonyl (C=O) groups is 1. The van der Waals surface area contributed by atoms with Crippen molar-refractivity contribution in [2.75, 3.05) is 6.54 Å². The van der Waals surface area contributed by atoms with Gasteiger partial charge in [-0.1, -0.05) is 34.6 Å². The second kappa shape index (κ2) is 6.59. The van der Waals surface area contributed by atoms with Gasteiger partial charge in [-0.25, -0.2) is 0 Å². The summed E-state index contributed by atoms with van der Waals surface area (Å²) in [4.78, 5) is 13.7. The Morgan fingerprint density at radius 1 is 1.59 bits per heavy atom. The number of benzene rings is 1. The van der Waals surface area contributed by atoms with E-state index in [0.717, 1.165) is 0 Å². The first-order valence-electron chi connectivity index (χ1n) is 4.95. The molecule has 0 aliphatic heterocycles. The van der Waals surface area contributed by atoms with Gasteiger partial charge in [-0.3, -0.25) is 4.79 Å². The second-order valence-electron chi connectivity index (χ2n) is 3.26. The highest BCUT2D eigenvalue weighted by atomic mass is 35.5. The van der Waals surface area contributed by atoms with Crippen LogP contribution in [0.3, 0.4) is 0 Å². The van der Waals surface area contributed by atoms with Gasteiger partial charge in [-0.05, 0) is 24.6 Å². The van der Waals surface area contributed by atoms with E-state index in [1.54, 1.807) is 18.2 Å². The van der Waals surface area contributed by atoms with E-state index in [2.05, 4.69) is 21.9 Å². The van der Waals surface area contributed by atoms with E-state index in [4.69, 9.17) is 17.1 Å². The molecule has 1 aromatic carbocycles. The van der Waals surface area contributed by atoms with E-state index in [1.165, 1.54) is 6.92 Å². The highest BCUT2D eigenvalue weighted by Gasteiger charge is 2.02. The van der Waals surface area contributed by atoms with Crippen LogP contribution >= 0.6 is 11.6 Å². The minimum atomic E-state index is -0.0326. The van der Waals surface area contributed by atoms with Crippen molar-refractivity contribution in [1.82, 2.24) is 0 Å². The quantitative estimate of drug-likeness (QED) is 0.201. The van der Waals surface area contributed by atoms with Crippen LogP contribution in [-0.4, -0.2) is 12.3 Å². The third kappa shape index (κ3) is 4.20. The van der Waals surface area contributed by atoms with Crippen LogP contribution in [-0.2, 0) is 0 Å². The average molecular weight is 248 g/mol. The summed E-state index contributed by atoms with van der Waals surface area (Å²) in [5, 5.41) is 3.82. The maximum absolute atomic E-state index is 11.1. The average Bonchev–Trinajstić information content (AvgIpc) is 2.30. The lowest BCUT2D eigenvalue weighted by atomic mass is 10.1. The van der Waals surface area contributed by atoms with Gasteiger partial charge in [0.05, 0.1) is 5.02 Å². The lowest BCUT2D eigenvalue weighted by Gasteiger charge is -1.98. The number of ketones is 1. The van der Waals surface area contributed by atoms with Gasteiger partial charge in [0.15, 0.2) is 5.78 Å². The van der Waals surface area contributed by atoms with Crippen molar-refractivity contribution in [3.8, 4) is 11.8 Å². The molecule has 0 aliphatic carbocycles. The first-order chi connectivity index (χ1) is 8.15. The van der Waals surface area contributed by atoms with E-state index in [1.807, 2.05) is 0 Å². The van der Waals surface area contributed by atoms with Crippen LogP contribution in [0.25, 0.3) is 10.4 Å². The molecule has 86 valence electrons. The van der Waals surface area contributed by atoms with Crippen molar-refractivity contribution >= 4 is 17.4 Å². The van der Waals surface area contributed by atoms with Crippen LogP contribution in [0, 0.1) is 11.8 Å². The zero-order chi connectivity index (χ0) is 12.7. The zero-order valence-electron chi connectivity index (χ0n) is 9.27. The van der Waals surface area contributed by atoms with Crippen LogP contribution in [0.2, 0.25) is 5.02 Å². The molecule has 0 spiro atoms. The third-order valence-electron chi connectivity index (χ3n) is 2.00. The van der Waals surface area contributed by atoms with Gasteiger partial charge >= 0.3 is 0 Å². The molecule has 5 heteroatoms. The van der Waals surface area contributed by atoms with E-state index >= 15 is 0 Å². The lowest BCUT2D eigenvalue weighted by Crippen LogP contribution is -1.92. The summed E-state index contributed by atoms with van der Waals surface area (Å²) in [6.07, 6.45) is 0.481. The lowest BCUT2D eigenvalue weighted by molar-refractivity contribution is 0.101. The van der Waals surface area contributed by atoms with Crippen molar-refractivity contribution in [3.05, 3.63) is 44.8 Å². The summed E-state index contributed by atoms with van der Waals surface area (Å²) in [6, 6.07) is 4.99. The first kappa shape index (κ1) is 13.1. The molecule has 0 unspecified atom stereocenters. The standard InChI is InChI=1S/C12H10ClN3O/c1-9(17)11-6-5-10(12(13)8-11)4-2-3-7-15-16-14/h5-6,8H,3,7H2,1H3. The highest BCUT2D eigenvalue weighted by Crippen LogP contribution is 2.17. The molecule has 0 fully saturated rings. The largest absolute Gasteiger partial charge is 0.295 e. The molecular weight excluding hydrogens is 238 g/mol. The molecule has 1 rings (SSSR count). The fourth-order valence-corrected chi connectivity index (χ4v) is 1.37. The number of hydrogen-bond acceptors (Lipinski definition) is 2. The Labute approximate surface area is 104 Å². The predicted octanol–water partition coefficient (Wildman–Crippen LogP) is 3.59. The molecule has 0 aliphatic rings. The van der Waals surface area contributed by atoms with Gasteiger partial charge in [-0.15, -0.1) is 0 Å². The number of azide groups is 1. The van der Waals surface area contributed by atoms with Gasteiger partial charge in [0.25, 0.3) is 0 Å². The van der Waals surface area contributed by atoms with Gasteiger partial charge < -0.3 is 0 Å². The molecule has 0 saturated heterocycles. The van der Waals surface area contributed by atoms with Crippen molar-refractivity contribution in [3.63, 3.8) is 0 Å². The smallest absolute Gasteiger partial charge is 0.159 e. The molecule has 1 aromatic rings. The van der Waals surface area contributed by atoms with Crippen LogP contribution in [0.4, 0.5) is 0 Å². The Bertz CT molecular complexity index is 536. The number of nitrogens with zero attached hydrogens (tertiary/aromatic N) is 3. The topological polar surface area (TPSA) is 65.8 Å². The molecule has 0 radical (unpaired) electrons. The van der Waals surface area contributed by atoms with E-state index in [0.29, 0.717) is 29.1 Å². The molecule has 4 nitrogen and oxygen atoms in total. The third-order valence-corrected chi connectivity index (χ3v) is 2.31. The minimum absolute atomic E-state index is 0.0326. The Morgan fingerprint density at radius 3 is 2.94 bits per heavy atom. The van der Waals surface area contributed by atoms with Crippen molar-refractivity contribution in [2.24, 2.45) is 5.11 Å². The maximum Gasteiger partial charge on any atom is 0.159 e. The molecule has 0 bridgehead atoms. The van der Waals surface area contributed by atoms with Crippen LogP contribution in [0.5, 0.6) is 0 Å². The molecule has 0 atom stereocenters. The number of Topliss-reactive ketones (excluding diaryl/α,β-unsaturated/α-hetero) is 1. The SMILES string of the molecule is CC(=O)c1ccc(C#CCCN=[N+]=[N-])c(Cl)c1. The zero-order valence-corrected chi connectivity index (χ0v) is 10.0. The van der Waals surface area contributed by atoms with Crippen molar-refractivity contribution in [1.29, 1.82) is 0 Å². The maximum atomic E-state index is 11.1. The number of rotatable bonds is 3. The molecule has 0 amide bonds. The Morgan fingerprint density at radius 2 is 2.35 bits per heavy atom. The summed E-state index contributed by atoms with van der Waals surface area (Å²) in [6.45, 7) is 1.82. The summed E-state index contributed by atoms with van der Waals surface area (Å²) in [5.41, 5.74) is 9.30. The summed E-state index contributed by atoms with van der Waals surface area (Å²) >= 11 is 5.98. The summed E-state index contributed by atoms with van der Waals surface area (Å²) < 4.78 is 0. The fraction of sp³-hybridized carbons (Fsp3) is 0.250. The van der Waals surface area contributed by atoms with Crippen molar-refractivity contribution in [2.45, 2.75) is 13.3 Å². The molecule has 17 heavy (non-hydrogen) atoms. The van der Waals surface area contributed by atoms with Gasteiger partial charge in [0.2, 0.25) is 0 Å². The summed E-state index contributed by atoms with van der Waals surface area (Å²) in [5.74, 6) is 5.67. The molecule has 0 heterocycles. The van der Waals surface area contributed by atoms with Gasteiger partial charge in [0.1, 0.15) is 0 Å².